The molecule has 0 bridgehead atoms. The van der Waals surface area contributed by atoms with Gasteiger partial charge in [0, 0.05) is 19.3 Å². The highest BCUT2D eigenvalue weighted by molar-refractivity contribution is 4.96. The van der Waals surface area contributed by atoms with Crippen molar-refractivity contribution in [1.82, 2.24) is 9.55 Å². The van der Waals surface area contributed by atoms with Gasteiger partial charge in [-0.05, 0) is 24.7 Å². The summed E-state index contributed by atoms with van der Waals surface area (Å²) in [5.74, 6) is 1.80. The third kappa shape index (κ3) is 1.91. The highest BCUT2D eigenvalue weighted by atomic mass is 15.0. The summed E-state index contributed by atoms with van der Waals surface area (Å²) in [5, 5.41) is 0. The first-order valence-electron chi connectivity index (χ1n) is 4.98. The van der Waals surface area contributed by atoms with Crippen LogP contribution in [0.25, 0.3) is 0 Å². The van der Waals surface area contributed by atoms with Crippen LogP contribution in [0.1, 0.15) is 25.5 Å². The minimum absolute atomic E-state index is 0.550. The monoisotopic (exact) mass is 179 g/mol. The van der Waals surface area contributed by atoms with E-state index in [4.69, 9.17) is 5.73 Å². The molecule has 2 rings (SSSR count). The number of nitrogens with zero attached hydrogens (tertiary/aromatic N) is 2. The van der Waals surface area contributed by atoms with Gasteiger partial charge < -0.3 is 10.3 Å². The molecule has 1 heterocycles. The summed E-state index contributed by atoms with van der Waals surface area (Å²) in [5.41, 5.74) is 6.48. The second kappa shape index (κ2) is 3.50. The van der Waals surface area contributed by atoms with Gasteiger partial charge in [0.05, 0.1) is 12.0 Å². The van der Waals surface area contributed by atoms with Crippen LogP contribution in [-0.4, -0.2) is 9.55 Å². The molecular formula is C10H17N3. The summed E-state index contributed by atoms with van der Waals surface area (Å²) >= 11 is 0. The molecule has 0 aliphatic heterocycles. The summed E-state index contributed by atoms with van der Waals surface area (Å²) in [6.45, 7) is 3.99. The number of hydrogen-bond donors (Lipinski definition) is 1. The lowest BCUT2D eigenvalue weighted by Crippen LogP contribution is -2.24. The first-order chi connectivity index (χ1) is 6.28. The third-order valence-corrected chi connectivity index (χ3v) is 2.84. The summed E-state index contributed by atoms with van der Waals surface area (Å²) < 4.78 is 2.17. The zero-order valence-electron chi connectivity index (χ0n) is 8.11. The minimum atomic E-state index is 0.550. The van der Waals surface area contributed by atoms with E-state index in [9.17, 15) is 0 Å². The molecule has 0 unspecified atom stereocenters. The Morgan fingerprint density at radius 2 is 2.38 bits per heavy atom. The highest BCUT2D eigenvalue weighted by Crippen LogP contribution is 2.33. The lowest BCUT2D eigenvalue weighted by Gasteiger charge is -2.32. The molecule has 0 aromatic carbocycles. The average Bonchev–Trinajstić information content (AvgIpc) is 2.50. The van der Waals surface area contributed by atoms with Gasteiger partial charge in [-0.1, -0.05) is 6.92 Å². The van der Waals surface area contributed by atoms with Gasteiger partial charge in [-0.15, -0.1) is 0 Å². The van der Waals surface area contributed by atoms with Crippen LogP contribution in [0.5, 0.6) is 0 Å². The fourth-order valence-electron chi connectivity index (χ4n) is 2.13. The SMILES string of the molecule is CC1CC(Cn2cnc(CN)c2)C1. The van der Waals surface area contributed by atoms with E-state index in [1.165, 1.54) is 12.8 Å². The second-order valence-corrected chi connectivity index (χ2v) is 4.21. The molecule has 2 N–H and O–H groups in total. The first-order valence-corrected chi connectivity index (χ1v) is 4.98. The quantitative estimate of drug-likeness (QED) is 0.762. The molecule has 0 spiro atoms. The molecule has 3 heteroatoms. The number of rotatable bonds is 3. The molecule has 13 heavy (non-hydrogen) atoms. The van der Waals surface area contributed by atoms with E-state index >= 15 is 0 Å². The van der Waals surface area contributed by atoms with Crippen molar-refractivity contribution in [2.24, 2.45) is 17.6 Å². The third-order valence-electron chi connectivity index (χ3n) is 2.84. The van der Waals surface area contributed by atoms with E-state index in [0.717, 1.165) is 24.1 Å². The number of nitrogens with two attached hydrogens (primary N) is 1. The van der Waals surface area contributed by atoms with E-state index in [-0.39, 0.29) is 0 Å². The molecule has 1 saturated carbocycles. The van der Waals surface area contributed by atoms with Crippen molar-refractivity contribution < 1.29 is 0 Å². The largest absolute Gasteiger partial charge is 0.337 e. The van der Waals surface area contributed by atoms with Gasteiger partial charge in [-0.25, -0.2) is 4.98 Å². The molecule has 0 saturated heterocycles. The Kier molecular flexibility index (Phi) is 2.36. The Balaban J connectivity index is 1.87. The van der Waals surface area contributed by atoms with Gasteiger partial charge in [-0.2, -0.15) is 0 Å². The molecule has 1 aromatic rings. The zero-order chi connectivity index (χ0) is 9.26. The zero-order valence-corrected chi connectivity index (χ0v) is 8.11. The van der Waals surface area contributed by atoms with E-state index in [1.807, 2.05) is 6.33 Å². The molecule has 3 nitrogen and oxygen atoms in total. The lowest BCUT2D eigenvalue weighted by atomic mass is 9.76. The maximum absolute atomic E-state index is 5.49. The van der Waals surface area contributed by atoms with Crippen LogP contribution < -0.4 is 5.73 Å². The standard InChI is InChI=1S/C10H17N3/c1-8-2-9(3-8)5-13-6-10(4-11)12-7-13/h6-9H,2-5,11H2,1H3. The van der Waals surface area contributed by atoms with Crippen molar-refractivity contribution in [2.75, 3.05) is 0 Å². The van der Waals surface area contributed by atoms with E-state index in [2.05, 4.69) is 22.7 Å². The fourth-order valence-corrected chi connectivity index (χ4v) is 2.13. The van der Waals surface area contributed by atoms with Crippen molar-refractivity contribution in [3.63, 3.8) is 0 Å². The van der Waals surface area contributed by atoms with Gasteiger partial charge in [0.15, 0.2) is 0 Å². The van der Waals surface area contributed by atoms with Crippen LogP contribution in [0, 0.1) is 11.8 Å². The molecule has 0 radical (unpaired) electrons. The average molecular weight is 179 g/mol. The van der Waals surface area contributed by atoms with Crippen molar-refractivity contribution in [3.05, 3.63) is 18.2 Å². The fraction of sp³-hybridized carbons (Fsp3) is 0.700. The number of aromatic nitrogens is 2. The molecule has 0 amide bonds. The summed E-state index contributed by atoms with van der Waals surface area (Å²) in [7, 11) is 0. The van der Waals surface area contributed by atoms with Crippen molar-refractivity contribution in [2.45, 2.75) is 32.9 Å². The second-order valence-electron chi connectivity index (χ2n) is 4.21. The predicted octanol–water partition coefficient (Wildman–Crippen LogP) is 1.39. The van der Waals surface area contributed by atoms with Crippen LogP contribution in [-0.2, 0) is 13.1 Å². The molecular weight excluding hydrogens is 162 g/mol. The molecule has 72 valence electrons. The Morgan fingerprint density at radius 3 is 2.92 bits per heavy atom. The van der Waals surface area contributed by atoms with Gasteiger partial charge in [0.1, 0.15) is 0 Å². The molecule has 1 aliphatic carbocycles. The smallest absolute Gasteiger partial charge is 0.0950 e. The summed E-state index contributed by atoms with van der Waals surface area (Å²) in [6, 6.07) is 0. The predicted molar refractivity (Wildman–Crippen MR) is 52.0 cm³/mol. The van der Waals surface area contributed by atoms with Gasteiger partial charge in [0.2, 0.25) is 0 Å². The maximum Gasteiger partial charge on any atom is 0.0950 e. The molecule has 1 aliphatic rings. The summed E-state index contributed by atoms with van der Waals surface area (Å²) in [4.78, 5) is 4.20. The Hall–Kier alpha value is -0.830. The van der Waals surface area contributed by atoms with Crippen LogP contribution in [0.15, 0.2) is 12.5 Å². The summed E-state index contributed by atoms with van der Waals surface area (Å²) in [6.07, 6.45) is 6.69. The van der Waals surface area contributed by atoms with Crippen LogP contribution in [0.2, 0.25) is 0 Å². The van der Waals surface area contributed by atoms with E-state index in [1.54, 1.807) is 0 Å². The van der Waals surface area contributed by atoms with E-state index in [0.29, 0.717) is 6.54 Å². The van der Waals surface area contributed by atoms with E-state index < -0.39 is 0 Å². The minimum Gasteiger partial charge on any atom is -0.337 e. The Bertz CT molecular complexity index is 273. The van der Waals surface area contributed by atoms with Crippen LogP contribution >= 0.6 is 0 Å². The lowest BCUT2D eigenvalue weighted by molar-refractivity contribution is 0.187. The number of imidazole rings is 1. The van der Waals surface area contributed by atoms with Gasteiger partial charge >= 0.3 is 0 Å². The van der Waals surface area contributed by atoms with Crippen LogP contribution in [0.3, 0.4) is 0 Å². The number of hydrogen-bond acceptors (Lipinski definition) is 2. The Labute approximate surface area is 79.0 Å². The molecule has 1 aromatic heterocycles. The van der Waals surface area contributed by atoms with Gasteiger partial charge in [-0.3, -0.25) is 0 Å². The molecule has 1 fully saturated rings. The van der Waals surface area contributed by atoms with Crippen molar-refractivity contribution in [3.8, 4) is 0 Å². The van der Waals surface area contributed by atoms with Crippen LogP contribution in [0.4, 0.5) is 0 Å². The first kappa shape index (κ1) is 8.75. The highest BCUT2D eigenvalue weighted by Gasteiger charge is 2.25. The normalized spacial score (nSPS) is 27.2. The Morgan fingerprint density at radius 1 is 1.62 bits per heavy atom. The maximum atomic E-state index is 5.49. The van der Waals surface area contributed by atoms with Crippen molar-refractivity contribution >= 4 is 0 Å². The van der Waals surface area contributed by atoms with Crippen molar-refractivity contribution in [1.29, 1.82) is 0 Å². The molecule has 0 atom stereocenters. The topological polar surface area (TPSA) is 43.8 Å². The van der Waals surface area contributed by atoms with Gasteiger partial charge in [0.25, 0.3) is 0 Å².